The number of nitrogens with zero attached hydrogens (tertiary/aromatic N) is 6. The maximum absolute atomic E-state index is 13.2. The van der Waals surface area contributed by atoms with Crippen molar-refractivity contribution in [2.24, 2.45) is 7.05 Å². The first kappa shape index (κ1) is 21.5. The first-order valence-electron chi connectivity index (χ1n) is 10.5. The van der Waals surface area contributed by atoms with Crippen LogP contribution in [0, 0.1) is 6.92 Å². The van der Waals surface area contributed by atoms with Gasteiger partial charge < -0.3 is 4.90 Å². The average Bonchev–Trinajstić information content (AvgIpc) is 3.04. The molecule has 0 saturated carbocycles. The summed E-state index contributed by atoms with van der Waals surface area (Å²) in [4.78, 5) is 20.0. The SMILES string of the molecule is CCCn1c(N2CCN(S(=O)(=O)Cc3ccccc3)CC2)nc2c(C)nn(C)c2c1=O. The van der Waals surface area contributed by atoms with Crippen molar-refractivity contribution >= 4 is 27.0 Å². The molecule has 1 aliphatic heterocycles. The van der Waals surface area contributed by atoms with Gasteiger partial charge in [0.25, 0.3) is 5.56 Å². The Morgan fingerprint density at radius 2 is 1.74 bits per heavy atom. The second-order valence-electron chi connectivity index (χ2n) is 7.90. The van der Waals surface area contributed by atoms with Crippen LogP contribution in [0.2, 0.25) is 0 Å². The highest BCUT2D eigenvalue weighted by Crippen LogP contribution is 2.21. The number of hydrogen-bond donors (Lipinski definition) is 0. The van der Waals surface area contributed by atoms with Crippen molar-refractivity contribution in [3.8, 4) is 0 Å². The third-order valence-electron chi connectivity index (χ3n) is 5.65. The standard InChI is InChI=1S/C21H28N6O3S/c1-4-10-27-20(28)19-18(16(2)23-24(19)3)22-21(27)25-11-13-26(14-12-25)31(29,30)15-17-8-6-5-7-9-17/h5-9H,4,10-15H2,1-3H3. The molecule has 3 heterocycles. The van der Waals surface area contributed by atoms with Gasteiger partial charge in [-0.15, -0.1) is 0 Å². The number of benzene rings is 1. The predicted octanol–water partition coefficient (Wildman–Crippen LogP) is 1.50. The Balaban J connectivity index is 1.59. The smallest absolute Gasteiger partial charge is 0.281 e. The maximum atomic E-state index is 13.2. The summed E-state index contributed by atoms with van der Waals surface area (Å²) < 4.78 is 30.6. The van der Waals surface area contributed by atoms with Crippen molar-refractivity contribution in [1.29, 1.82) is 0 Å². The molecular weight excluding hydrogens is 416 g/mol. The molecule has 1 aromatic carbocycles. The van der Waals surface area contributed by atoms with Crippen LogP contribution in [-0.2, 0) is 29.4 Å². The fourth-order valence-corrected chi connectivity index (χ4v) is 5.62. The largest absolute Gasteiger partial charge is 0.340 e. The highest BCUT2D eigenvalue weighted by Gasteiger charge is 2.29. The average molecular weight is 445 g/mol. The Kier molecular flexibility index (Phi) is 5.85. The van der Waals surface area contributed by atoms with Crippen molar-refractivity contribution in [2.45, 2.75) is 32.6 Å². The number of anilines is 1. The van der Waals surface area contributed by atoms with Crippen molar-refractivity contribution < 1.29 is 8.42 Å². The summed E-state index contributed by atoms with van der Waals surface area (Å²) in [5, 5.41) is 4.36. The zero-order valence-corrected chi connectivity index (χ0v) is 19.0. The lowest BCUT2D eigenvalue weighted by molar-refractivity contribution is 0.379. The minimum Gasteiger partial charge on any atom is -0.340 e. The molecule has 0 aliphatic carbocycles. The third kappa shape index (κ3) is 4.09. The molecule has 0 amide bonds. The summed E-state index contributed by atoms with van der Waals surface area (Å²) in [6.07, 6.45) is 0.794. The highest BCUT2D eigenvalue weighted by molar-refractivity contribution is 7.88. The Morgan fingerprint density at radius 3 is 2.39 bits per heavy atom. The fraction of sp³-hybridized carbons (Fsp3) is 0.476. The molecule has 9 nitrogen and oxygen atoms in total. The van der Waals surface area contributed by atoms with Crippen LogP contribution < -0.4 is 10.5 Å². The van der Waals surface area contributed by atoms with Crippen LogP contribution in [0.4, 0.5) is 5.95 Å². The second-order valence-corrected chi connectivity index (χ2v) is 9.87. The molecule has 3 aromatic rings. The Labute approximate surface area is 182 Å². The van der Waals surface area contributed by atoms with Gasteiger partial charge in [-0.25, -0.2) is 13.4 Å². The molecule has 1 aliphatic rings. The molecule has 0 unspecified atom stereocenters. The maximum Gasteiger partial charge on any atom is 0.281 e. The quantitative estimate of drug-likeness (QED) is 0.572. The Hall–Kier alpha value is -2.72. The van der Waals surface area contributed by atoms with E-state index in [9.17, 15) is 13.2 Å². The number of hydrogen-bond acceptors (Lipinski definition) is 6. The molecule has 0 atom stereocenters. The van der Waals surface area contributed by atoms with Crippen molar-refractivity contribution in [2.75, 3.05) is 31.1 Å². The van der Waals surface area contributed by atoms with Gasteiger partial charge in [0.05, 0.1) is 11.4 Å². The molecule has 2 aromatic heterocycles. The number of rotatable bonds is 6. The van der Waals surface area contributed by atoms with E-state index in [1.165, 1.54) is 4.31 Å². The van der Waals surface area contributed by atoms with Gasteiger partial charge in [0.15, 0.2) is 5.52 Å². The van der Waals surface area contributed by atoms with Gasteiger partial charge in [-0.05, 0) is 18.9 Å². The Bertz CT molecular complexity index is 1240. The monoisotopic (exact) mass is 444 g/mol. The number of piperazine rings is 1. The highest BCUT2D eigenvalue weighted by atomic mass is 32.2. The van der Waals surface area contributed by atoms with Gasteiger partial charge in [-0.2, -0.15) is 9.40 Å². The van der Waals surface area contributed by atoms with E-state index in [4.69, 9.17) is 4.98 Å². The first-order chi connectivity index (χ1) is 14.8. The third-order valence-corrected chi connectivity index (χ3v) is 7.50. The number of aryl methyl sites for hydroxylation is 2. The molecule has 0 spiro atoms. The zero-order chi connectivity index (χ0) is 22.2. The molecular formula is C21H28N6O3S. The van der Waals surface area contributed by atoms with Crippen LogP contribution in [0.15, 0.2) is 35.1 Å². The van der Waals surface area contributed by atoms with E-state index in [1.807, 2.05) is 49.1 Å². The van der Waals surface area contributed by atoms with Crippen LogP contribution in [0.3, 0.4) is 0 Å². The van der Waals surface area contributed by atoms with E-state index in [1.54, 1.807) is 16.3 Å². The van der Waals surface area contributed by atoms with E-state index >= 15 is 0 Å². The summed E-state index contributed by atoms with van der Waals surface area (Å²) in [7, 11) is -1.65. The predicted molar refractivity (Wildman–Crippen MR) is 121 cm³/mol. The Morgan fingerprint density at radius 1 is 1.06 bits per heavy atom. The van der Waals surface area contributed by atoms with Crippen molar-refractivity contribution in [3.63, 3.8) is 0 Å². The van der Waals surface area contributed by atoms with E-state index in [2.05, 4.69) is 5.10 Å². The summed E-state index contributed by atoms with van der Waals surface area (Å²) >= 11 is 0. The van der Waals surface area contributed by atoms with E-state index in [-0.39, 0.29) is 11.3 Å². The number of fused-ring (bicyclic) bond motifs is 1. The zero-order valence-electron chi connectivity index (χ0n) is 18.2. The van der Waals surface area contributed by atoms with Crippen LogP contribution in [0.25, 0.3) is 11.0 Å². The van der Waals surface area contributed by atoms with E-state index in [0.29, 0.717) is 55.4 Å². The summed E-state index contributed by atoms with van der Waals surface area (Å²) in [6.45, 7) is 6.10. The summed E-state index contributed by atoms with van der Waals surface area (Å²) in [6, 6.07) is 9.22. The molecule has 1 saturated heterocycles. The van der Waals surface area contributed by atoms with Crippen LogP contribution in [-0.4, -0.2) is 58.2 Å². The van der Waals surface area contributed by atoms with Gasteiger partial charge in [0.1, 0.15) is 5.52 Å². The van der Waals surface area contributed by atoms with Crippen molar-refractivity contribution in [1.82, 2.24) is 23.6 Å². The lowest BCUT2D eigenvalue weighted by Crippen LogP contribution is -2.50. The van der Waals surface area contributed by atoms with Gasteiger partial charge >= 0.3 is 0 Å². The molecule has 0 bridgehead atoms. The molecule has 4 rings (SSSR count). The van der Waals surface area contributed by atoms with Crippen LogP contribution >= 0.6 is 0 Å². The van der Waals surface area contributed by atoms with Crippen LogP contribution in [0.1, 0.15) is 24.6 Å². The molecule has 0 radical (unpaired) electrons. The summed E-state index contributed by atoms with van der Waals surface area (Å²) in [5.41, 5.74) is 2.49. The lowest BCUT2D eigenvalue weighted by atomic mass is 10.2. The van der Waals surface area contributed by atoms with E-state index < -0.39 is 10.0 Å². The molecule has 10 heteroatoms. The van der Waals surface area contributed by atoms with Gasteiger partial charge in [-0.1, -0.05) is 37.3 Å². The molecule has 31 heavy (non-hydrogen) atoms. The van der Waals surface area contributed by atoms with Crippen molar-refractivity contribution in [3.05, 3.63) is 51.9 Å². The van der Waals surface area contributed by atoms with Gasteiger partial charge in [0, 0.05) is 39.8 Å². The fourth-order valence-electron chi connectivity index (χ4n) is 4.11. The van der Waals surface area contributed by atoms with Crippen LogP contribution in [0.5, 0.6) is 0 Å². The molecule has 166 valence electrons. The van der Waals surface area contributed by atoms with Gasteiger partial charge in [0.2, 0.25) is 16.0 Å². The first-order valence-corrected chi connectivity index (χ1v) is 12.1. The second kappa shape index (κ2) is 8.43. The minimum absolute atomic E-state index is 0.00648. The number of sulfonamides is 1. The lowest BCUT2D eigenvalue weighted by Gasteiger charge is -2.35. The van der Waals surface area contributed by atoms with E-state index in [0.717, 1.165) is 12.0 Å². The summed E-state index contributed by atoms with van der Waals surface area (Å²) in [5.74, 6) is 0.587. The molecule has 0 N–H and O–H groups in total. The normalized spacial score (nSPS) is 15.6. The topological polar surface area (TPSA) is 93.3 Å². The van der Waals surface area contributed by atoms with Gasteiger partial charge in [-0.3, -0.25) is 14.0 Å². The molecule has 1 fully saturated rings. The number of aromatic nitrogens is 4. The minimum atomic E-state index is -3.40.